The number of nitrogens with zero attached hydrogens (tertiary/aromatic N) is 4. The summed E-state index contributed by atoms with van der Waals surface area (Å²) in [5.41, 5.74) is 14.3. The van der Waals surface area contributed by atoms with Gasteiger partial charge in [-0.3, -0.25) is 4.90 Å². The van der Waals surface area contributed by atoms with Crippen LogP contribution in [0.4, 0.5) is 15.9 Å². The first-order valence-electron chi connectivity index (χ1n) is 11.6. The van der Waals surface area contributed by atoms with E-state index in [9.17, 15) is 9.50 Å². The van der Waals surface area contributed by atoms with Gasteiger partial charge in [0.15, 0.2) is 17.4 Å². The molecular weight excluding hydrogens is 451 g/mol. The number of aromatic hydroxyl groups is 1. The highest BCUT2D eigenvalue weighted by molar-refractivity contribution is 5.74. The first kappa shape index (κ1) is 24.6. The van der Waals surface area contributed by atoms with Gasteiger partial charge in [-0.1, -0.05) is 18.2 Å². The van der Waals surface area contributed by atoms with Crippen molar-refractivity contribution >= 4 is 11.5 Å². The average Bonchev–Trinajstić information content (AvgIpc) is 2.86. The second-order valence-corrected chi connectivity index (χ2v) is 8.29. The summed E-state index contributed by atoms with van der Waals surface area (Å²) in [6, 6.07) is 13.9. The highest BCUT2D eigenvalue weighted by Crippen LogP contribution is 2.31. The fourth-order valence-electron chi connectivity index (χ4n) is 4.03. The molecule has 0 saturated carbocycles. The van der Waals surface area contributed by atoms with Crippen LogP contribution in [0.15, 0.2) is 48.5 Å². The van der Waals surface area contributed by atoms with Crippen molar-refractivity contribution in [2.45, 2.75) is 6.54 Å². The Bertz CT molecular complexity index is 1120. The number of ether oxygens (including phenoxy) is 2. The fraction of sp³-hybridized carbons (Fsp3) is 0.360. The molecule has 0 atom stereocenters. The van der Waals surface area contributed by atoms with Gasteiger partial charge in [0, 0.05) is 44.8 Å². The molecule has 1 fully saturated rings. The predicted octanol–water partition coefficient (Wildman–Crippen LogP) is 2.25. The van der Waals surface area contributed by atoms with Gasteiger partial charge in [0.05, 0.1) is 24.6 Å². The molecule has 4 rings (SSSR count). The summed E-state index contributed by atoms with van der Waals surface area (Å²) in [5, 5.41) is 18.4. The number of piperazine rings is 1. The van der Waals surface area contributed by atoms with Crippen molar-refractivity contribution in [3.05, 3.63) is 59.9 Å². The minimum atomic E-state index is -0.382. The van der Waals surface area contributed by atoms with E-state index in [0.29, 0.717) is 43.4 Å². The Morgan fingerprint density at radius 3 is 2.51 bits per heavy atom. The van der Waals surface area contributed by atoms with Crippen LogP contribution < -0.4 is 21.1 Å². The van der Waals surface area contributed by atoms with E-state index in [4.69, 9.17) is 20.9 Å². The molecule has 0 aliphatic carbocycles. The first-order valence-corrected chi connectivity index (χ1v) is 11.6. The van der Waals surface area contributed by atoms with Crippen LogP contribution >= 0.6 is 0 Å². The molecule has 1 aromatic heterocycles. The molecule has 1 aliphatic heterocycles. The molecule has 9 nitrogen and oxygen atoms in total. The van der Waals surface area contributed by atoms with Gasteiger partial charge in [-0.05, 0) is 35.9 Å². The zero-order valence-corrected chi connectivity index (χ0v) is 19.6. The van der Waals surface area contributed by atoms with Crippen LogP contribution in [0.1, 0.15) is 5.56 Å². The Hall–Kier alpha value is -3.47. The lowest BCUT2D eigenvalue weighted by atomic mass is 10.1. The standard InChI is InChI=1S/C25H31FN6O3/c26-20-15-18(5-6-24(20)35-14-13-34-12-7-27)17-31-8-10-32(11-9-31)22-16-21(29-30-25(22)28)19-3-1-2-4-23(19)33/h1-6,15-16,33H,7-14,17,27H2,(H2,28,30). The normalized spacial score (nSPS) is 14.3. The summed E-state index contributed by atoms with van der Waals surface area (Å²) in [6.07, 6.45) is 0. The highest BCUT2D eigenvalue weighted by Gasteiger charge is 2.21. The molecule has 0 unspecified atom stereocenters. The van der Waals surface area contributed by atoms with Crippen LogP contribution in [-0.4, -0.2) is 72.7 Å². The lowest BCUT2D eigenvalue weighted by Crippen LogP contribution is -2.46. The number of rotatable bonds is 10. The molecule has 5 N–H and O–H groups in total. The average molecular weight is 483 g/mol. The van der Waals surface area contributed by atoms with E-state index >= 15 is 0 Å². The number of benzene rings is 2. The molecule has 0 radical (unpaired) electrons. The zero-order valence-electron chi connectivity index (χ0n) is 19.6. The SMILES string of the molecule is NCCOCCOc1ccc(CN2CCN(c3cc(-c4ccccc4O)nnc3N)CC2)cc1F. The Morgan fingerprint density at radius 1 is 0.971 bits per heavy atom. The van der Waals surface area contributed by atoms with Crippen molar-refractivity contribution in [1.82, 2.24) is 15.1 Å². The maximum absolute atomic E-state index is 14.5. The molecule has 35 heavy (non-hydrogen) atoms. The highest BCUT2D eigenvalue weighted by atomic mass is 19.1. The van der Waals surface area contributed by atoms with Gasteiger partial charge in [-0.25, -0.2) is 4.39 Å². The second kappa shape index (κ2) is 11.8. The number of para-hydroxylation sites is 1. The van der Waals surface area contributed by atoms with Gasteiger partial charge in [0.25, 0.3) is 0 Å². The third-order valence-electron chi connectivity index (χ3n) is 5.84. The van der Waals surface area contributed by atoms with E-state index in [1.54, 1.807) is 24.3 Å². The molecule has 1 aliphatic rings. The van der Waals surface area contributed by atoms with Crippen molar-refractivity contribution in [2.75, 3.05) is 63.2 Å². The van der Waals surface area contributed by atoms with Gasteiger partial charge in [-0.15, -0.1) is 10.2 Å². The number of nitrogen functional groups attached to an aromatic ring is 1. The Labute approximate surface area is 204 Å². The Balaban J connectivity index is 1.33. The third-order valence-corrected chi connectivity index (χ3v) is 5.84. The van der Waals surface area contributed by atoms with Crippen molar-refractivity contribution in [2.24, 2.45) is 5.73 Å². The van der Waals surface area contributed by atoms with Crippen molar-refractivity contribution in [1.29, 1.82) is 0 Å². The van der Waals surface area contributed by atoms with Crippen LogP contribution in [0.3, 0.4) is 0 Å². The van der Waals surface area contributed by atoms with Crippen LogP contribution in [0.2, 0.25) is 0 Å². The van der Waals surface area contributed by atoms with E-state index in [2.05, 4.69) is 20.0 Å². The molecule has 1 saturated heterocycles. The van der Waals surface area contributed by atoms with Crippen LogP contribution in [0, 0.1) is 5.82 Å². The van der Waals surface area contributed by atoms with E-state index in [0.717, 1.165) is 37.4 Å². The van der Waals surface area contributed by atoms with Gasteiger partial charge < -0.3 is 30.9 Å². The second-order valence-electron chi connectivity index (χ2n) is 8.29. The van der Waals surface area contributed by atoms with Gasteiger partial charge >= 0.3 is 0 Å². The van der Waals surface area contributed by atoms with Crippen molar-refractivity contribution in [3.8, 4) is 22.8 Å². The van der Waals surface area contributed by atoms with Crippen molar-refractivity contribution in [3.63, 3.8) is 0 Å². The number of phenolic OH excluding ortho intramolecular Hbond substituents is 1. The third kappa shape index (κ3) is 6.36. The number of hydrogen-bond acceptors (Lipinski definition) is 9. The van der Waals surface area contributed by atoms with E-state index in [1.807, 2.05) is 18.2 Å². The van der Waals surface area contributed by atoms with Crippen LogP contribution in [-0.2, 0) is 11.3 Å². The number of anilines is 2. The monoisotopic (exact) mass is 482 g/mol. The van der Waals surface area contributed by atoms with Crippen LogP contribution in [0.25, 0.3) is 11.3 Å². The summed E-state index contributed by atoms with van der Waals surface area (Å²) in [4.78, 5) is 4.43. The first-order chi connectivity index (χ1) is 17.0. The number of phenols is 1. The quantitative estimate of drug-likeness (QED) is 0.373. The topological polar surface area (TPSA) is 123 Å². The molecule has 186 valence electrons. The molecule has 0 amide bonds. The largest absolute Gasteiger partial charge is 0.507 e. The summed E-state index contributed by atoms with van der Waals surface area (Å²) < 4.78 is 25.1. The van der Waals surface area contributed by atoms with E-state index < -0.39 is 0 Å². The number of nitrogens with two attached hydrogens (primary N) is 2. The number of hydrogen-bond donors (Lipinski definition) is 3. The summed E-state index contributed by atoms with van der Waals surface area (Å²) in [5.74, 6) is 0.331. The molecule has 0 spiro atoms. The minimum absolute atomic E-state index is 0.144. The fourth-order valence-corrected chi connectivity index (χ4v) is 4.03. The van der Waals surface area contributed by atoms with E-state index in [-0.39, 0.29) is 23.9 Å². The predicted molar refractivity (Wildman–Crippen MR) is 133 cm³/mol. The lowest BCUT2D eigenvalue weighted by Gasteiger charge is -2.36. The molecule has 3 aromatic rings. The number of halogens is 1. The van der Waals surface area contributed by atoms with Gasteiger partial charge in [0.1, 0.15) is 12.4 Å². The molecular formula is C25H31FN6O3. The summed E-state index contributed by atoms with van der Waals surface area (Å²) in [7, 11) is 0. The molecule has 2 aromatic carbocycles. The smallest absolute Gasteiger partial charge is 0.169 e. The molecule has 0 bridgehead atoms. The van der Waals surface area contributed by atoms with Crippen LogP contribution in [0.5, 0.6) is 11.5 Å². The zero-order chi connectivity index (χ0) is 24.6. The maximum atomic E-state index is 14.5. The van der Waals surface area contributed by atoms with Gasteiger partial charge in [-0.2, -0.15) is 0 Å². The van der Waals surface area contributed by atoms with Gasteiger partial charge in [0.2, 0.25) is 0 Å². The Morgan fingerprint density at radius 2 is 1.77 bits per heavy atom. The molecule has 10 heteroatoms. The molecule has 2 heterocycles. The van der Waals surface area contributed by atoms with E-state index in [1.165, 1.54) is 6.07 Å². The maximum Gasteiger partial charge on any atom is 0.169 e. The number of aromatic nitrogens is 2. The lowest BCUT2D eigenvalue weighted by molar-refractivity contribution is 0.104. The summed E-state index contributed by atoms with van der Waals surface area (Å²) in [6.45, 7) is 5.23. The minimum Gasteiger partial charge on any atom is -0.507 e. The summed E-state index contributed by atoms with van der Waals surface area (Å²) >= 11 is 0. The van der Waals surface area contributed by atoms with Crippen molar-refractivity contribution < 1.29 is 19.0 Å². The Kier molecular flexibility index (Phi) is 8.30.